The number of methoxy groups -OCH3 is 2. The van der Waals surface area contributed by atoms with E-state index in [0.717, 1.165) is 6.07 Å². The van der Waals surface area contributed by atoms with E-state index in [-0.39, 0.29) is 28.1 Å². The normalized spacial score (nSPS) is 10.3. The predicted octanol–water partition coefficient (Wildman–Crippen LogP) is 3.00. The van der Waals surface area contributed by atoms with E-state index < -0.39 is 18.2 Å². The molecule has 1 aromatic heterocycles. The Morgan fingerprint density at radius 2 is 1.67 bits per heavy atom. The van der Waals surface area contributed by atoms with Gasteiger partial charge in [0, 0.05) is 6.07 Å². The molecule has 0 amide bonds. The number of ether oxygens (including phenoxy) is 3. The summed E-state index contributed by atoms with van der Waals surface area (Å²) >= 11 is 5.58. The molecule has 1 aromatic carbocycles. The molecule has 0 radical (unpaired) electrons. The van der Waals surface area contributed by atoms with Crippen molar-refractivity contribution in [2.45, 2.75) is 6.61 Å². The van der Waals surface area contributed by atoms with Crippen LogP contribution in [-0.2, 0) is 6.61 Å². The van der Waals surface area contributed by atoms with E-state index in [9.17, 15) is 8.78 Å². The third-order valence-electron chi connectivity index (χ3n) is 2.63. The third kappa shape index (κ3) is 3.30. The largest absolute Gasteiger partial charge is 0.494 e. The van der Waals surface area contributed by atoms with Gasteiger partial charge in [-0.3, -0.25) is 0 Å². The average Bonchev–Trinajstić information content (AvgIpc) is 2.49. The van der Waals surface area contributed by atoms with Gasteiger partial charge in [-0.05, 0) is 0 Å². The van der Waals surface area contributed by atoms with Gasteiger partial charge in [-0.1, -0.05) is 11.6 Å². The van der Waals surface area contributed by atoms with Crippen molar-refractivity contribution >= 4 is 11.6 Å². The van der Waals surface area contributed by atoms with Crippen LogP contribution in [0.1, 0.15) is 5.56 Å². The Morgan fingerprint density at radius 3 is 2.14 bits per heavy atom. The molecule has 8 heteroatoms. The van der Waals surface area contributed by atoms with Crippen LogP contribution < -0.4 is 14.2 Å². The van der Waals surface area contributed by atoms with Gasteiger partial charge in [0.15, 0.2) is 23.1 Å². The van der Waals surface area contributed by atoms with Crippen molar-refractivity contribution in [2.75, 3.05) is 14.2 Å². The number of rotatable bonds is 5. The van der Waals surface area contributed by atoms with Crippen molar-refractivity contribution in [3.05, 3.63) is 40.8 Å². The van der Waals surface area contributed by atoms with Crippen LogP contribution in [0.2, 0.25) is 5.15 Å². The first kappa shape index (κ1) is 15.2. The molecule has 0 unspecified atom stereocenters. The van der Waals surface area contributed by atoms with Gasteiger partial charge in [0.1, 0.15) is 11.8 Å². The Kier molecular flexibility index (Phi) is 4.74. The minimum Gasteiger partial charge on any atom is -0.494 e. The lowest BCUT2D eigenvalue weighted by atomic mass is 10.1. The molecule has 2 rings (SSSR count). The van der Waals surface area contributed by atoms with Gasteiger partial charge < -0.3 is 14.2 Å². The minimum atomic E-state index is -0.863. The van der Waals surface area contributed by atoms with Crippen LogP contribution in [0.5, 0.6) is 17.4 Å². The smallest absolute Gasteiger partial charge is 0.232 e. The molecular formula is C13H11ClF2N2O3. The van der Waals surface area contributed by atoms with Gasteiger partial charge in [0.05, 0.1) is 32.2 Å². The highest BCUT2D eigenvalue weighted by molar-refractivity contribution is 6.29. The molecule has 0 aliphatic carbocycles. The monoisotopic (exact) mass is 316 g/mol. The fourth-order valence-electron chi connectivity index (χ4n) is 1.58. The van der Waals surface area contributed by atoms with Crippen LogP contribution >= 0.6 is 11.6 Å². The molecule has 0 saturated carbocycles. The summed E-state index contributed by atoms with van der Waals surface area (Å²) in [5, 5.41) is 0.183. The maximum absolute atomic E-state index is 14.1. The standard InChI is InChI=1S/C13H11ClF2N2O3/c1-19-8-3-9(20-2)13(16)7(12(8)15)6-21-11-5-17-10(14)4-18-11/h3-5H,6H2,1-2H3. The molecular weight excluding hydrogens is 306 g/mol. The second-order valence-electron chi connectivity index (χ2n) is 3.85. The van der Waals surface area contributed by atoms with E-state index in [0.29, 0.717) is 0 Å². The van der Waals surface area contributed by atoms with Crippen molar-refractivity contribution in [1.82, 2.24) is 9.97 Å². The van der Waals surface area contributed by atoms with E-state index in [4.69, 9.17) is 25.8 Å². The lowest BCUT2D eigenvalue weighted by molar-refractivity contribution is 0.271. The molecule has 2 aromatic rings. The molecule has 0 saturated heterocycles. The Labute approximate surface area is 124 Å². The lowest BCUT2D eigenvalue weighted by Gasteiger charge is -2.12. The van der Waals surface area contributed by atoms with Gasteiger partial charge in [-0.25, -0.2) is 18.7 Å². The fourth-order valence-corrected chi connectivity index (χ4v) is 1.68. The highest BCUT2D eigenvalue weighted by atomic mass is 35.5. The van der Waals surface area contributed by atoms with Crippen molar-refractivity contribution < 1.29 is 23.0 Å². The van der Waals surface area contributed by atoms with Crippen LogP contribution in [0, 0.1) is 11.6 Å². The summed E-state index contributed by atoms with van der Waals surface area (Å²) in [6.07, 6.45) is 2.51. The molecule has 0 aliphatic rings. The van der Waals surface area contributed by atoms with Gasteiger partial charge >= 0.3 is 0 Å². The van der Waals surface area contributed by atoms with E-state index in [1.165, 1.54) is 26.6 Å². The number of aromatic nitrogens is 2. The zero-order valence-corrected chi connectivity index (χ0v) is 11.9. The first-order valence-electron chi connectivity index (χ1n) is 5.76. The molecule has 0 aliphatic heterocycles. The summed E-state index contributed by atoms with van der Waals surface area (Å²) in [4.78, 5) is 7.56. The quantitative estimate of drug-likeness (QED) is 0.848. The minimum absolute atomic E-state index is 0.0833. The summed E-state index contributed by atoms with van der Waals surface area (Å²) in [6.45, 7) is -0.401. The first-order chi connectivity index (χ1) is 10.1. The van der Waals surface area contributed by atoms with Crippen LogP contribution in [0.15, 0.2) is 18.5 Å². The maximum atomic E-state index is 14.1. The molecule has 21 heavy (non-hydrogen) atoms. The second-order valence-corrected chi connectivity index (χ2v) is 4.24. The van der Waals surface area contributed by atoms with Gasteiger partial charge in [-0.2, -0.15) is 0 Å². The van der Waals surface area contributed by atoms with Crippen LogP contribution in [-0.4, -0.2) is 24.2 Å². The highest BCUT2D eigenvalue weighted by Gasteiger charge is 2.20. The molecule has 0 fully saturated rings. The van der Waals surface area contributed by atoms with Crippen molar-refractivity contribution in [3.63, 3.8) is 0 Å². The molecule has 5 nitrogen and oxygen atoms in total. The van der Waals surface area contributed by atoms with Crippen molar-refractivity contribution in [1.29, 1.82) is 0 Å². The number of nitrogens with zero attached hydrogens (tertiary/aromatic N) is 2. The Morgan fingerprint density at radius 1 is 1.05 bits per heavy atom. The van der Waals surface area contributed by atoms with Gasteiger partial charge in [0.2, 0.25) is 5.88 Å². The number of hydrogen-bond acceptors (Lipinski definition) is 5. The first-order valence-corrected chi connectivity index (χ1v) is 6.13. The Hall–Kier alpha value is -2.15. The van der Waals surface area contributed by atoms with E-state index >= 15 is 0 Å². The Balaban J connectivity index is 2.28. The van der Waals surface area contributed by atoms with E-state index in [1.54, 1.807) is 0 Å². The summed E-state index contributed by atoms with van der Waals surface area (Å²) in [5.41, 5.74) is -0.331. The number of hydrogen-bond donors (Lipinski definition) is 0. The summed E-state index contributed by atoms with van der Waals surface area (Å²) in [5.74, 6) is -1.93. The topological polar surface area (TPSA) is 53.5 Å². The Bertz CT molecular complexity index is 610. The highest BCUT2D eigenvalue weighted by Crippen LogP contribution is 2.31. The average molecular weight is 317 g/mol. The number of halogens is 3. The molecule has 112 valence electrons. The van der Waals surface area contributed by atoms with Crippen LogP contribution in [0.4, 0.5) is 8.78 Å². The zero-order chi connectivity index (χ0) is 15.4. The summed E-state index contributed by atoms with van der Waals surface area (Å²) < 4.78 is 43.0. The molecule has 0 N–H and O–H groups in total. The fraction of sp³-hybridized carbons (Fsp3) is 0.231. The predicted molar refractivity (Wildman–Crippen MR) is 70.8 cm³/mol. The zero-order valence-electron chi connectivity index (χ0n) is 11.2. The second kappa shape index (κ2) is 6.53. The maximum Gasteiger partial charge on any atom is 0.232 e. The number of benzene rings is 1. The molecule has 1 heterocycles. The molecule has 0 bridgehead atoms. The third-order valence-corrected chi connectivity index (χ3v) is 2.82. The van der Waals surface area contributed by atoms with E-state index in [2.05, 4.69) is 9.97 Å². The van der Waals surface area contributed by atoms with Crippen LogP contribution in [0.3, 0.4) is 0 Å². The lowest BCUT2D eigenvalue weighted by Crippen LogP contribution is -2.06. The van der Waals surface area contributed by atoms with Gasteiger partial charge in [0.25, 0.3) is 0 Å². The van der Waals surface area contributed by atoms with Crippen LogP contribution in [0.25, 0.3) is 0 Å². The summed E-state index contributed by atoms with van der Waals surface area (Å²) in [6, 6.07) is 1.12. The summed E-state index contributed by atoms with van der Waals surface area (Å²) in [7, 11) is 2.54. The van der Waals surface area contributed by atoms with Crippen molar-refractivity contribution in [3.8, 4) is 17.4 Å². The van der Waals surface area contributed by atoms with Crippen molar-refractivity contribution in [2.24, 2.45) is 0 Å². The molecule has 0 atom stereocenters. The van der Waals surface area contributed by atoms with E-state index in [1.807, 2.05) is 0 Å². The molecule has 0 spiro atoms. The van der Waals surface area contributed by atoms with Gasteiger partial charge in [-0.15, -0.1) is 0 Å². The SMILES string of the molecule is COc1cc(OC)c(F)c(COc2cnc(Cl)cn2)c1F.